The number of nitrogens with one attached hydrogen (secondary N) is 2. The molecule has 4 N–H and O–H groups in total. The molecule has 0 saturated heterocycles. The zero-order chi connectivity index (χ0) is 15.5. The van der Waals surface area contributed by atoms with Gasteiger partial charge in [-0.2, -0.15) is 0 Å². The summed E-state index contributed by atoms with van der Waals surface area (Å²) in [7, 11) is 0. The molecule has 0 amide bonds. The molecule has 2 aromatic rings. The van der Waals surface area contributed by atoms with Gasteiger partial charge in [0.15, 0.2) is 0 Å². The first-order valence-electron chi connectivity index (χ1n) is 7.46. The fourth-order valence-corrected chi connectivity index (χ4v) is 3.18. The van der Waals surface area contributed by atoms with Gasteiger partial charge in [-0.25, -0.2) is 9.89 Å². The van der Waals surface area contributed by atoms with Crippen LogP contribution in [0.3, 0.4) is 0 Å². The minimum Gasteiger partial charge on any atom is -0.388 e. The Kier molecular flexibility index (Phi) is 4.63. The van der Waals surface area contributed by atoms with E-state index in [2.05, 4.69) is 31.4 Å². The number of benzene rings is 1. The molecule has 1 aromatic heterocycles. The van der Waals surface area contributed by atoms with E-state index in [1.165, 1.54) is 12.8 Å². The number of hydrogen-bond donors (Lipinski definition) is 3. The summed E-state index contributed by atoms with van der Waals surface area (Å²) < 4.78 is 5.97. The smallest absolute Gasteiger partial charge is 0.388 e. The Morgan fingerprint density at radius 1 is 1.36 bits per heavy atom. The monoisotopic (exact) mass is 366 g/mol. The van der Waals surface area contributed by atoms with Crippen LogP contribution < -0.4 is 16.8 Å². The molecule has 1 saturated carbocycles. The summed E-state index contributed by atoms with van der Waals surface area (Å²) in [5.74, 6) is 0.397. The summed E-state index contributed by atoms with van der Waals surface area (Å²) in [6.45, 7) is 0.916. The third-order valence-electron chi connectivity index (χ3n) is 4.12. The number of aromatic nitrogens is 2. The summed E-state index contributed by atoms with van der Waals surface area (Å²) in [4.78, 5) is 11.1. The van der Waals surface area contributed by atoms with Crippen LogP contribution in [0.2, 0.25) is 0 Å². The Morgan fingerprint density at radius 3 is 2.82 bits per heavy atom. The van der Waals surface area contributed by atoms with Crippen molar-refractivity contribution in [3.63, 3.8) is 0 Å². The van der Waals surface area contributed by atoms with Crippen LogP contribution in [-0.2, 0) is 0 Å². The zero-order valence-electron chi connectivity index (χ0n) is 12.1. The molecular formula is C15H19BrN4O2. The third-order valence-corrected chi connectivity index (χ3v) is 4.82. The lowest BCUT2D eigenvalue weighted by Gasteiger charge is -2.26. The number of hydrogen-bond acceptors (Lipinski definition) is 5. The van der Waals surface area contributed by atoms with E-state index < -0.39 is 5.76 Å². The van der Waals surface area contributed by atoms with Crippen LogP contribution in [0.15, 0.2) is 31.9 Å². The number of aromatic amines is 1. The molecule has 0 aliphatic heterocycles. The topological polar surface area (TPSA) is 96.9 Å². The maximum atomic E-state index is 11.1. The zero-order valence-corrected chi connectivity index (χ0v) is 13.7. The fraction of sp³-hybridized carbons (Fsp3) is 0.467. The molecule has 7 heteroatoms. The Labute approximate surface area is 136 Å². The maximum absolute atomic E-state index is 11.1. The highest BCUT2D eigenvalue weighted by atomic mass is 79.9. The predicted molar refractivity (Wildman–Crippen MR) is 88.7 cm³/mol. The first-order chi connectivity index (χ1) is 10.6. The van der Waals surface area contributed by atoms with Crippen molar-refractivity contribution in [2.45, 2.75) is 31.7 Å². The van der Waals surface area contributed by atoms with Crippen LogP contribution in [0.5, 0.6) is 0 Å². The van der Waals surface area contributed by atoms with Gasteiger partial charge in [0.05, 0.1) is 0 Å². The fourth-order valence-electron chi connectivity index (χ4n) is 2.79. The molecule has 22 heavy (non-hydrogen) atoms. The van der Waals surface area contributed by atoms with E-state index in [9.17, 15) is 4.79 Å². The highest BCUT2D eigenvalue weighted by Crippen LogP contribution is 2.29. The molecular weight excluding hydrogens is 348 g/mol. The van der Waals surface area contributed by atoms with Gasteiger partial charge in [0.1, 0.15) is 0 Å². The quantitative estimate of drug-likeness (QED) is 0.772. The van der Waals surface area contributed by atoms with Crippen LogP contribution in [0.1, 0.15) is 25.7 Å². The molecule has 1 aliphatic rings. The van der Waals surface area contributed by atoms with Crippen molar-refractivity contribution < 1.29 is 4.42 Å². The number of rotatable bonds is 4. The lowest BCUT2D eigenvalue weighted by atomic mass is 9.86. The van der Waals surface area contributed by atoms with E-state index in [1.807, 2.05) is 18.2 Å². The summed E-state index contributed by atoms with van der Waals surface area (Å²) in [6, 6.07) is 6.07. The first-order valence-corrected chi connectivity index (χ1v) is 8.26. The van der Waals surface area contributed by atoms with E-state index in [1.54, 1.807) is 0 Å². The molecule has 1 fully saturated rings. The van der Waals surface area contributed by atoms with Crippen LogP contribution in [0.4, 0.5) is 5.69 Å². The predicted octanol–water partition coefficient (Wildman–Crippen LogP) is 2.72. The molecule has 3 rings (SSSR count). The lowest BCUT2D eigenvalue weighted by Crippen LogP contribution is -2.29. The minimum atomic E-state index is -0.550. The molecule has 0 radical (unpaired) electrons. The number of halogens is 1. The molecule has 6 nitrogen and oxygen atoms in total. The van der Waals surface area contributed by atoms with Crippen molar-refractivity contribution in [1.29, 1.82) is 0 Å². The third kappa shape index (κ3) is 3.59. The van der Waals surface area contributed by atoms with Gasteiger partial charge in [-0.05, 0) is 65.7 Å². The van der Waals surface area contributed by atoms with Crippen molar-refractivity contribution in [3.8, 4) is 11.5 Å². The molecule has 1 aliphatic carbocycles. The van der Waals surface area contributed by atoms with E-state index >= 15 is 0 Å². The summed E-state index contributed by atoms with van der Waals surface area (Å²) in [5.41, 5.74) is 7.67. The molecule has 0 bridgehead atoms. The summed E-state index contributed by atoms with van der Waals surface area (Å²) >= 11 is 3.54. The Hall–Kier alpha value is -1.60. The van der Waals surface area contributed by atoms with Crippen molar-refractivity contribution >= 4 is 21.6 Å². The van der Waals surface area contributed by atoms with Gasteiger partial charge in [-0.3, -0.25) is 0 Å². The SMILES string of the molecule is N[C@H]1CC[C@H](CNc2cc(-c3n[nH]c(=O)o3)ccc2Br)CC1. The Morgan fingerprint density at radius 2 is 2.14 bits per heavy atom. The average Bonchev–Trinajstić information content (AvgIpc) is 2.95. The molecule has 118 valence electrons. The molecule has 0 atom stereocenters. The summed E-state index contributed by atoms with van der Waals surface area (Å²) in [6.07, 6.45) is 4.54. The van der Waals surface area contributed by atoms with Gasteiger partial charge in [-0.1, -0.05) is 0 Å². The Bertz CT molecular complexity index is 689. The highest BCUT2D eigenvalue weighted by molar-refractivity contribution is 9.10. The normalized spacial score (nSPS) is 21.7. The van der Waals surface area contributed by atoms with Gasteiger partial charge in [-0.15, -0.1) is 5.10 Å². The molecule has 1 aromatic carbocycles. The van der Waals surface area contributed by atoms with E-state index in [4.69, 9.17) is 10.2 Å². The lowest BCUT2D eigenvalue weighted by molar-refractivity contribution is 0.339. The standard InChI is InChI=1S/C15H19BrN4O2/c16-12-6-3-10(14-19-20-15(21)22-14)7-13(12)18-8-9-1-4-11(17)5-2-9/h3,6-7,9,11,18H,1-2,4-5,8,17H2,(H,20,21)/t9-,11-. The van der Waals surface area contributed by atoms with Gasteiger partial charge < -0.3 is 15.5 Å². The minimum absolute atomic E-state index is 0.296. The van der Waals surface area contributed by atoms with Crippen LogP contribution in [-0.4, -0.2) is 22.8 Å². The van der Waals surface area contributed by atoms with E-state index in [0.717, 1.165) is 35.1 Å². The second kappa shape index (κ2) is 6.66. The molecule has 1 heterocycles. The Balaban J connectivity index is 1.69. The second-order valence-corrected chi connectivity index (χ2v) is 6.63. The number of nitrogens with zero attached hydrogens (tertiary/aromatic N) is 1. The summed E-state index contributed by atoms with van der Waals surface area (Å²) in [5, 5.41) is 9.60. The van der Waals surface area contributed by atoms with Crippen molar-refractivity contribution in [2.75, 3.05) is 11.9 Å². The average molecular weight is 367 g/mol. The number of nitrogens with two attached hydrogens (primary N) is 1. The van der Waals surface area contributed by atoms with Gasteiger partial charge >= 0.3 is 5.76 Å². The van der Waals surface area contributed by atoms with Gasteiger partial charge in [0.2, 0.25) is 5.89 Å². The molecule has 0 spiro atoms. The van der Waals surface area contributed by atoms with Crippen molar-refractivity contribution in [3.05, 3.63) is 33.2 Å². The maximum Gasteiger partial charge on any atom is 0.434 e. The number of anilines is 1. The second-order valence-electron chi connectivity index (χ2n) is 5.77. The van der Waals surface area contributed by atoms with Crippen LogP contribution >= 0.6 is 15.9 Å². The van der Waals surface area contributed by atoms with Gasteiger partial charge in [0, 0.05) is 28.3 Å². The highest BCUT2D eigenvalue weighted by Gasteiger charge is 2.18. The van der Waals surface area contributed by atoms with Crippen molar-refractivity contribution in [1.82, 2.24) is 10.2 Å². The molecule has 0 unspecified atom stereocenters. The largest absolute Gasteiger partial charge is 0.434 e. The van der Waals surface area contributed by atoms with Gasteiger partial charge in [0.25, 0.3) is 0 Å². The van der Waals surface area contributed by atoms with Crippen LogP contribution in [0.25, 0.3) is 11.5 Å². The first kappa shape index (κ1) is 15.3. The number of H-pyrrole nitrogens is 1. The van der Waals surface area contributed by atoms with E-state index in [-0.39, 0.29) is 0 Å². The van der Waals surface area contributed by atoms with Crippen molar-refractivity contribution in [2.24, 2.45) is 11.7 Å². The van der Waals surface area contributed by atoms with Crippen LogP contribution in [0, 0.1) is 5.92 Å². The van der Waals surface area contributed by atoms with E-state index in [0.29, 0.717) is 17.9 Å².